The number of hydrogen-bond donors (Lipinski definition) is 1. The van der Waals surface area contributed by atoms with E-state index in [2.05, 4.69) is 17.6 Å². The van der Waals surface area contributed by atoms with E-state index in [0.29, 0.717) is 5.92 Å². The molecule has 0 aliphatic heterocycles. The van der Waals surface area contributed by atoms with Crippen molar-refractivity contribution in [2.24, 2.45) is 5.92 Å². The van der Waals surface area contributed by atoms with E-state index in [1.807, 2.05) is 17.4 Å². The average molecular weight is 272 g/mol. The van der Waals surface area contributed by atoms with Gasteiger partial charge in [-0.2, -0.15) is 0 Å². The molecule has 1 aromatic rings. The van der Waals surface area contributed by atoms with Crippen LogP contribution in [0.25, 0.3) is 0 Å². The lowest BCUT2D eigenvalue weighted by atomic mass is 9.78. The van der Waals surface area contributed by atoms with Gasteiger partial charge in [-0.05, 0) is 55.6 Å². The van der Waals surface area contributed by atoms with Crippen molar-refractivity contribution in [3.8, 4) is 0 Å². The molecule has 2 rings (SSSR count). The summed E-state index contributed by atoms with van der Waals surface area (Å²) in [6.45, 7) is 4.52. The van der Waals surface area contributed by atoms with Gasteiger partial charge in [0.2, 0.25) is 0 Å². The zero-order chi connectivity index (χ0) is 12.1. The summed E-state index contributed by atoms with van der Waals surface area (Å²) in [5.41, 5.74) is 0. The maximum Gasteiger partial charge on any atom is 0.0547 e. The fourth-order valence-corrected chi connectivity index (χ4v) is 4.26. The number of thiophene rings is 1. The van der Waals surface area contributed by atoms with Crippen molar-refractivity contribution in [2.45, 2.75) is 44.9 Å². The summed E-state index contributed by atoms with van der Waals surface area (Å²) in [5.74, 6) is 1.48. The van der Waals surface area contributed by atoms with E-state index in [4.69, 9.17) is 11.6 Å². The third kappa shape index (κ3) is 3.46. The molecule has 0 amide bonds. The molecular formula is C14H22ClNS. The average Bonchev–Trinajstić information content (AvgIpc) is 2.76. The van der Waals surface area contributed by atoms with Crippen LogP contribution in [0.1, 0.15) is 49.8 Å². The first-order valence-corrected chi connectivity index (χ1v) is 8.02. The van der Waals surface area contributed by atoms with Crippen molar-refractivity contribution < 1.29 is 0 Å². The van der Waals surface area contributed by atoms with Gasteiger partial charge in [0.1, 0.15) is 0 Å². The highest BCUT2D eigenvalue weighted by Crippen LogP contribution is 2.42. The van der Waals surface area contributed by atoms with Crippen molar-refractivity contribution in [2.75, 3.05) is 13.1 Å². The van der Waals surface area contributed by atoms with Crippen LogP contribution in [0.2, 0.25) is 5.02 Å². The first kappa shape index (κ1) is 13.4. The van der Waals surface area contributed by atoms with Gasteiger partial charge >= 0.3 is 0 Å². The van der Waals surface area contributed by atoms with Crippen molar-refractivity contribution in [3.63, 3.8) is 0 Å². The molecule has 3 heteroatoms. The quantitative estimate of drug-likeness (QED) is 0.767. The van der Waals surface area contributed by atoms with Crippen LogP contribution in [0, 0.1) is 5.92 Å². The van der Waals surface area contributed by atoms with E-state index in [1.165, 1.54) is 37.0 Å². The van der Waals surface area contributed by atoms with Gasteiger partial charge in [-0.3, -0.25) is 0 Å². The van der Waals surface area contributed by atoms with Gasteiger partial charge in [-0.25, -0.2) is 0 Å². The molecule has 1 heterocycles. The van der Waals surface area contributed by atoms with Crippen LogP contribution in [0.4, 0.5) is 0 Å². The number of hydrogen-bond acceptors (Lipinski definition) is 2. The zero-order valence-corrected chi connectivity index (χ0v) is 12.1. The third-order valence-corrected chi connectivity index (χ3v) is 5.21. The molecule has 0 saturated heterocycles. The highest BCUT2D eigenvalue weighted by atomic mass is 35.5. The van der Waals surface area contributed by atoms with Gasteiger partial charge in [0.15, 0.2) is 0 Å². The van der Waals surface area contributed by atoms with Gasteiger partial charge in [-0.1, -0.05) is 31.4 Å². The second kappa shape index (κ2) is 6.77. The van der Waals surface area contributed by atoms with E-state index in [9.17, 15) is 0 Å². The zero-order valence-electron chi connectivity index (χ0n) is 10.5. The maximum absolute atomic E-state index is 6.29. The molecule has 2 atom stereocenters. The van der Waals surface area contributed by atoms with Crippen LogP contribution in [-0.2, 0) is 0 Å². The van der Waals surface area contributed by atoms with Crippen molar-refractivity contribution >= 4 is 22.9 Å². The fraction of sp³-hybridized carbons (Fsp3) is 0.714. The Hall–Kier alpha value is -0.0500. The van der Waals surface area contributed by atoms with Crippen molar-refractivity contribution in [1.82, 2.24) is 5.32 Å². The predicted octanol–water partition coefficient (Wildman–Crippen LogP) is 4.67. The van der Waals surface area contributed by atoms with E-state index in [0.717, 1.165) is 24.0 Å². The Kier molecular flexibility index (Phi) is 5.33. The number of halogens is 1. The lowest BCUT2D eigenvalue weighted by molar-refractivity contribution is 0.299. The summed E-state index contributed by atoms with van der Waals surface area (Å²) in [6.07, 6.45) is 6.65. The van der Waals surface area contributed by atoms with Crippen molar-refractivity contribution in [3.05, 3.63) is 21.3 Å². The first-order chi connectivity index (χ1) is 8.33. The lowest BCUT2D eigenvalue weighted by Crippen LogP contribution is -2.29. The van der Waals surface area contributed by atoms with Crippen molar-refractivity contribution in [1.29, 1.82) is 0 Å². The molecule has 96 valence electrons. The molecule has 0 radical (unpaired) electrons. The lowest BCUT2D eigenvalue weighted by Gasteiger charge is -2.31. The van der Waals surface area contributed by atoms with Crippen LogP contribution < -0.4 is 5.32 Å². The van der Waals surface area contributed by atoms with Crippen LogP contribution in [0.5, 0.6) is 0 Å². The first-order valence-electron chi connectivity index (χ1n) is 6.76. The summed E-state index contributed by atoms with van der Waals surface area (Å²) >= 11 is 8.13. The standard InChI is InChI=1S/C14H22ClNS/c1-2-8-16-10-11-5-3-4-6-12(11)14-13(15)7-9-17-14/h7,9,11-12,16H,2-6,8,10H2,1H3. The van der Waals surface area contributed by atoms with Gasteiger partial charge < -0.3 is 5.32 Å². The van der Waals surface area contributed by atoms with Crippen LogP contribution in [0.15, 0.2) is 11.4 Å². The molecule has 1 aromatic heterocycles. The van der Waals surface area contributed by atoms with E-state index < -0.39 is 0 Å². The molecule has 0 bridgehead atoms. The molecule has 1 fully saturated rings. The Labute approximate surface area is 114 Å². The fourth-order valence-electron chi connectivity index (χ4n) is 2.83. The molecule has 1 saturated carbocycles. The number of rotatable bonds is 5. The van der Waals surface area contributed by atoms with Crippen LogP contribution in [-0.4, -0.2) is 13.1 Å². The molecule has 17 heavy (non-hydrogen) atoms. The Morgan fingerprint density at radius 2 is 2.24 bits per heavy atom. The largest absolute Gasteiger partial charge is 0.316 e. The smallest absolute Gasteiger partial charge is 0.0547 e. The molecule has 1 N–H and O–H groups in total. The molecule has 1 aliphatic carbocycles. The normalized spacial score (nSPS) is 25.1. The minimum absolute atomic E-state index is 0.695. The Morgan fingerprint density at radius 1 is 1.41 bits per heavy atom. The maximum atomic E-state index is 6.29. The van der Waals surface area contributed by atoms with E-state index >= 15 is 0 Å². The van der Waals surface area contributed by atoms with Crippen LogP contribution in [0.3, 0.4) is 0 Å². The predicted molar refractivity (Wildman–Crippen MR) is 77.2 cm³/mol. The molecule has 1 nitrogen and oxygen atoms in total. The topological polar surface area (TPSA) is 12.0 Å². The Bertz CT molecular complexity index is 337. The molecule has 0 spiro atoms. The minimum atomic E-state index is 0.695. The highest BCUT2D eigenvalue weighted by Gasteiger charge is 2.28. The summed E-state index contributed by atoms with van der Waals surface area (Å²) in [5, 5.41) is 6.69. The minimum Gasteiger partial charge on any atom is -0.316 e. The van der Waals surface area contributed by atoms with E-state index in [-0.39, 0.29) is 0 Å². The molecule has 1 aliphatic rings. The summed E-state index contributed by atoms with van der Waals surface area (Å²) in [7, 11) is 0. The molecule has 2 unspecified atom stereocenters. The van der Waals surface area contributed by atoms with E-state index in [1.54, 1.807) is 0 Å². The summed E-state index contributed by atoms with van der Waals surface area (Å²) < 4.78 is 0. The molecule has 0 aromatic carbocycles. The molecular weight excluding hydrogens is 250 g/mol. The summed E-state index contributed by atoms with van der Waals surface area (Å²) in [6, 6.07) is 2.05. The number of nitrogens with one attached hydrogen (secondary N) is 1. The Balaban J connectivity index is 1.99. The van der Waals surface area contributed by atoms with Gasteiger partial charge in [0, 0.05) is 4.88 Å². The monoisotopic (exact) mass is 271 g/mol. The second-order valence-electron chi connectivity index (χ2n) is 4.99. The van der Waals surface area contributed by atoms with Gasteiger partial charge in [-0.15, -0.1) is 11.3 Å². The SMILES string of the molecule is CCCNCC1CCCCC1c1sccc1Cl. The van der Waals surface area contributed by atoms with Crippen LogP contribution >= 0.6 is 22.9 Å². The highest BCUT2D eigenvalue weighted by molar-refractivity contribution is 7.10. The van der Waals surface area contributed by atoms with Gasteiger partial charge in [0.05, 0.1) is 5.02 Å². The van der Waals surface area contributed by atoms with Gasteiger partial charge in [0.25, 0.3) is 0 Å². The second-order valence-corrected chi connectivity index (χ2v) is 6.34. The third-order valence-electron chi connectivity index (χ3n) is 3.72. The summed E-state index contributed by atoms with van der Waals surface area (Å²) in [4.78, 5) is 1.43. The Morgan fingerprint density at radius 3 is 2.94 bits per heavy atom.